The highest BCUT2D eigenvalue weighted by Gasteiger charge is 2.35. The SMILES string of the molecule is CC(=O)N1CC[C@@H](NC(=O)Nc2nc3c(s2)[C@H](C)N(c2ncc(-c4cccc(OC(F)F)n4)o2)[C@H](C)C3)C1. The van der Waals surface area contributed by atoms with Gasteiger partial charge >= 0.3 is 12.6 Å². The molecule has 0 saturated carbocycles. The van der Waals surface area contributed by atoms with Crippen molar-refractivity contribution in [3.05, 3.63) is 35.0 Å². The van der Waals surface area contributed by atoms with Crippen LogP contribution in [0.15, 0.2) is 28.8 Å². The molecule has 3 aromatic rings. The topological polar surface area (TPSA) is 126 Å². The summed E-state index contributed by atoms with van der Waals surface area (Å²) >= 11 is 1.39. The number of nitrogens with zero attached hydrogens (tertiary/aromatic N) is 5. The molecule has 14 heteroatoms. The van der Waals surface area contributed by atoms with Gasteiger partial charge in [-0.3, -0.25) is 10.1 Å². The molecule has 5 rings (SSSR count). The number of pyridine rings is 1. The van der Waals surface area contributed by atoms with E-state index in [4.69, 9.17) is 4.42 Å². The van der Waals surface area contributed by atoms with Crippen molar-refractivity contribution in [2.24, 2.45) is 0 Å². The van der Waals surface area contributed by atoms with Crippen LogP contribution in [0.25, 0.3) is 11.5 Å². The van der Waals surface area contributed by atoms with Gasteiger partial charge in [0.15, 0.2) is 10.9 Å². The molecule has 1 fully saturated rings. The van der Waals surface area contributed by atoms with Gasteiger partial charge < -0.3 is 24.3 Å². The summed E-state index contributed by atoms with van der Waals surface area (Å²) in [4.78, 5) is 41.9. The van der Waals surface area contributed by atoms with Gasteiger partial charge in [-0.15, -0.1) is 0 Å². The molecule has 2 aliphatic heterocycles. The van der Waals surface area contributed by atoms with Crippen LogP contribution in [0, 0.1) is 0 Å². The van der Waals surface area contributed by atoms with Gasteiger partial charge in [-0.2, -0.15) is 8.78 Å². The number of hydrogen-bond donors (Lipinski definition) is 2. The van der Waals surface area contributed by atoms with E-state index in [-0.39, 0.29) is 35.9 Å². The number of ether oxygens (including phenoxy) is 1. The smallest absolute Gasteiger partial charge is 0.388 e. The van der Waals surface area contributed by atoms with E-state index in [0.717, 1.165) is 10.6 Å². The number of carbonyl (C=O) groups excluding carboxylic acids is 2. The predicted octanol–water partition coefficient (Wildman–Crippen LogP) is 4.05. The molecule has 0 aromatic carbocycles. The van der Waals surface area contributed by atoms with Crippen LogP contribution < -0.4 is 20.3 Å². The molecule has 3 amide bonds. The van der Waals surface area contributed by atoms with Crippen molar-refractivity contribution in [2.75, 3.05) is 23.3 Å². The monoisotopic (exact) mass is 547 g/mol. The third-order valence-corrected chi connectivity index (χ3v) is 7.76. The Bertz CT molecular complexity index is 1330. The summed E-state index contributed by atoms with van der Waals surface area (Å²) in [6.45, 7) is 3.70. The van der Waals surface area contributed by atoms with Crippen LogP contribution in [0.4, 0.5) is 24.7 Å². The van der Waals surface area contributed by atoms with Gasteiger partial charge in [0.1, 0.15) is 5.69 Å². The minimum atomic E-state index is -2.98. The zero-order valence-electron chi connectivity index (χ0n) is 21.0. The van der Waals surface area contributed by atoms with Gasteiger partial charge in [-0.05, 0) is 26.3 Å². The predicted molar refractivity (Wildman–Crippen MR) is 135 cm³/mol. The third-order valence-electron chi connectivity index (χ3n) is 6.58. The Hall–Kier alpha value is -3.81. The summed E-state index contributed by atoms with van der Waals surface area (Å²) in [7, 11) is 0. The Morgan fingerprint density at radius 2 is 2.08 bits per heavy atom. The number of fused-ring (bicyclic) bond motifs is 1. The van der Waals surface area contributed by atoms with Crippen LogP contribution in [0.3, 0.4) is 0 Å². The van der Waals surface area contributed by atoms with Crippen molar-refractivity contribution < 1.29 is 27.5 Å². The second-order valence-corrected chi connectivity index (χ2v) is 10.3. The first-order valence-corrected chi connectivity index (χ1v) is 13.0. The molecule has 38 heavy (non-hydrogen) atoms. The minimum Gasteiger partial charge on any atom is -0.422 e. The zero-order valence-corrected chi connectivity index (χ0v) is 21.8. The quantitative estimate of drug-likeness (QED) is 0.474. The van der Waals surface area contributed by atoms with Crippen molar-refractivity contribution in [1.82, 2.24) is 25.2 Å². The maximum absolute atomic E-state index is 12.6. The first kappa shape index (κ1) is 25.8. The lowest BCUT2D eigenvalue weighted by Gasteiger charge is -2.36. The molecule has 2 aliphatic rings. The van der Waals surface area contributed by atoms with Crippen molar-refractivity contribution in [3.63, 3.8) is 0 Å². The Kier molecular flexibility index (Phi) is 7.15. The molecule has 202 valence electrons. The van der Waals surface area contributed by atoms with Gasteiger partial charge in [0.05, 0.1) is 22.8 Å². The summed E-state index contributed by atoms with van der Waals surface area (Å²) in [6.07, 6.45) is 2.82. The van der Waals surface area contributed by atoms with Crippen LogP contribution in [-0.4, -0.2) is 63.6 Å². The number of alkyl halides is 2. The number of halogens is 2. The molecule has 0 aliphatic carbocycles. The normalized spacial score (nSPS) is 20.9. The van der Waals surface area contributed by atoms with Crippen molar-refractivity contribution in [1.29, 1.82) is 0 Å². The molecule has 0 bridgehead atoms. The molecule has 3 atom stereocenters. The van der Waals surface area contributed by atoms with E-state index >= 15 is 0 Å². The summed E-state index contributed by atoms with van der Waals surface area (Å²) in [5.41, 5.74) is 1.22. The van der Waals surface area contributed by atoms with Crippen molar-refractivity contribution >= 4 is 34.4 Å². The molecule has 0 unspecified atom stereocenters. The lowest BCUT2D eigenvalue weighted by Crippen LogP contribution is -2.41. The number of urea groups is 1. The number of anilines is 2. The van der Waals surface area contributed by atoms with Gasteiger partial charge in [0, 0.05) is 44.6 Å². The number of carbonyl (C=O) groups is 2. The highest BCUT2D eigenvalue weighted by Crippen LogP contribution is 2.41. The largest absolute Gasteiger partial charge is 0.422 e. The maximum atomic E-state index is 12.6. The van der Waals surface area contributed by atoms with Crippen LogP contribution in [0.1, 0.15) is 43.8 Å². The molecular formula is C24H27F2N7O4S. The van der Waals surface area contributed by atoms with Gasteiger partial charge in [0.2, 0.25) is 11.8 Å². The first-order chi connectivity index (χ1) is 18.2. The molecule has 0 spiro atoms. The van der Waals surface area contributed by atoms with E-state index in [0.29, 0.717) is 48.5 Å². The van der Waals surface area contributed by atoms with Crippen molar-refractivity contribution in [2.45, 2.75) is 58.3 Å². The van der Waals surface area contributed by atoms with E-state index in [1.54, 1.807) is 17.0 Å². The third kappa shape index (κ3) is 5.39. The first-order valence-electron chi connectivity index (χ1n) is 12.2. The summed E-state index contributed by atoms with van der Waals surface area (Å²) in [5, 5.41) is 6.23. The zero-order chi connectivity index (χ0) is 27.0. The summed E-state index contributed by atoms with van der Waals surface area (Å²) in [5.74, 6) is 0.111. The summed E-state index contributed by atoms with van der Waals surface area (Å²) < 4.78 is 35.5. The second kappa shape index (κ2) is 10.5. The van der Waals surface area contributed by atoms with E-state index in [1.165, 1.54) is 30.5 Å². The lowest BCUT2D eigenvalue weighted by molar-refractivity contribution is -0.127. The highest BCUT2D eigenvalue weighted by molar-refractivity contribution is 7.16. The summed E-state index contributed by atoms with van der Waals surface area (Å²) in [6, 6.07) is 4.28. The van der Waals surface area contributed by atoms with E-state index in [2.05, 4.69) is 30.3 Å². The number of oxazole rings is 1. The minimum absolute atomic E-state index is 0.00123. The van der Waals surface area contributed by atoms with Crippen LogP contribution >= 0.6 is 11.3 Å². The molecule has 2 N–H and O–H groups in total. The molecule has 1 saturated heterocycles. The number of rotatable bonds is 6. The molecule has 3 aromatic heterocycles. The van der Waals surface area contributed by atoms with E-state index < -0.39 is 6.61 Å². The second-order valence-electron chi connectivity index (χ2n) is 9.26. The highest BCUT2D eigenvalue weighted by atomic mass is 32.1. The number of nitrogens with one attached hydrogen (secondary N) is 2. The van der Waals surface area contributed by atoms with Gasteiger partial charge in [-0.25, -0.2) is 19.7 Å². The van der Waals surface area contributed by atoms with Crippen LogP contribution in [0.2, 0.25) is 0 Å². The fraction of sp³-hybridized carbons (Fsp3) is 0.458. The maximum Gasteiger partial charge on any atom is 0.388 e. The number of aromatic nitrogens is 3. The average molecular weight is 548 g/mol. The van der Waals surface area contributed by atoms with E-state index in [1.807, 2.05) is 18.7 Å². The molecule has 5 heterocycles. The Balaban J connectivity index is 1.27. The fourth-order valence-corrected chi connectivity index (χ4v) is 5.86. The van der Waals surface area contributed by atoms with Crippen LogP contribution in [0.5, 0.6) is 5.88 Å². The average Bonchev–Trinajstić information content (AvgIpc) is 3.59. The van der Waals surface area contributed by atoms with Crippen LogP contribution in [-0.2, 0) is 11.2 Å². The Labute approximate surface area is 221 Å². The number of amides is 3. The fourth-order valence-electron chi connectivity index (χ4n) is 4.82. The number of thiazole rings is 1. The van der Waals surface area contributed by atoms with Crippen molar-refractivity contribution in [3.8, 4) is 17.3 Å². The molecule has 11 nitrogen and oxygen atoms in total. The van der Waals surface area contributed by atoms with Gasteiger partial charge in [-0.1, -0.05) is 17.4 Å². The number of likely N-dealkylation sites (tertiary alicyclic amines) is 1. The molecule has 0 radical (unpaired) electrons. The van der Waals surface area contributed by atoms with E-state index in [9.17, 15) is 18.4 Å². The Morgan fingerprint density at radius 3 is 2.82 bits per heavy atom. The lowest BCUT2D eigenvalue weighted by atomic mass is 10.0. The number of hydrogen-bond acceptors (Lipinski definition) is 9. The molecular weight excluding hydrogens is 520 g/mol. The Morgan fingerprint density at radius 1 is 1.26 bits per heavy atom. The van der Waals surface area contributed by atoms with Gasteiger partial charge in [0.25, 0.3) is 6.01 Å². The standard InChI is InChI=1S/C24H27F2N7O4S/c1-12-9-17-20(38-23(30-17)31-22(35)28-15-7-8-32(11-15)14(3)34)13(2)33(12)24-27-10-18(36-24)16-5-4-6-19(29-16)37-21(25)26/h4-6,10,12-13,15,21H,7-9,11H2,1-3H3,(H2,28,30,31,35)/t12-,13+,15-/m1/s1.